The van der Waals surface area contributed by atoms with Crippen LogP contribution in [0.5, 0.6) is 0 Å². The summed E-state index contributed by atoms with van der Waals surface area (Å²) in [4.78, 5) is 15.5. The molecule has 0 amide bonds. The highest BCUT2D eigenvalue weighted by atomic mass is 24.3. The maximum atomic E-state index is 3.88. The zero-order valence-corrected chi connectivity index (χ0v) is 5.73. The first-order chi connectivity index (χ1) is 4.00. The van der Waals surface area contributed by atoms with Crippen LogP contribution in [0, 0.1) is 13.6 Å². The van der Waals surface area contributed by atoms with Gasteiger partial charge in [0.25, 0.3) is 13.6 Å². The summed E-state index contributed by atoms with van der Waals surface area (Å²) in [6.45, 7) is 2.17. The first kappa shape index (κ1) is 9.53. The molecule has 2 saturated heterocycles. The predicted molar refractivity (Wildman–Crippen MR) is 20.9 cm³/mol. The molecule has 6 nitrogen and oxygen atoms in total. The van der Waals surface area contributed by atoms with Crippen LogP contribution in [-0.2, 0) is 29.6 Å². The molecule has 0 saturated carbocycles. The number of hydrogen-bond acceptors (Lipinski definition) is 6. The van der Waals surface area contributed by atoms with Gasteiger partial charge in [-0.3, -0.25) is 0 Å². The zero-order valence-electron chi connectivity index (χ0n) is 4.31. The second-order valence-electron chi connectivity index (χ2n) is 0.713. The molecule has 0 unspecified atom stereocenters. The Balaban J connectivity index is 0.000000128. The van der Waals surface area contributed by atoms with E-state index < -0.39 is 0 Å². The average molecular weight is 146 g/mol. The van der Waals surface area contributed by atoms with Gasteiger partial charge in [-0.25, -0.2) is 0 Å². The Hall–Kier alpha value is 0.526. The lowest BCUT2D eigenvalue weighted by Gasteiger charge is -2.04. The summed E-state index contributed by atoms with van der Waals surface area (Å²) >= 11 is 0. The highest BCUT2D eigenvalue weighted by molar-refractivity contribution is 5.75. The van der Waals surface area contributed by atoms with Gasteiger partial charge in [-0.15, -0.1) is 0 Å². The van der Waals surface area contributed by atoms with Crippen molar-refractivity contribution in [3.05, 3.63) is 13.6 Å². The van der Waals surface area contributed by atoms with Crippen LogP contribution in [0.15, 0.2) is 0 Å². The van der Waals surface area contributed by atoms with E-state index in [9.17, 15) is 0 Å². The third kappa shape index (κ3) is 5.00. The Bertz CT molecular complexity index is 35.0. The van der Waals surface area contributed by atoms with Crippen molar-refractivity contribution < 1.29 is 29.6 Å². The smallest absolute Gasteiger partial charge is 0.165 e. The minimum Gasteiger partial charge on any atom is -0.165 e. The van der Waals surface area contributed by atoms with E-state index in [4.69, 9.17) is 0 Å². The molecule has 0 N–H and O–H groups in total. The van der Waals surface area contributed by atoms with Gasteiger partial charge in [0.2, 0.25) is 0 Å². The van der Waals surface area contributed by atoms with E-state index in [2.05, 4.69) is 29.6 Å². The lowest BCUT2D eigenvalue weighted by atomic mass is 11.5. The highest BCUT2D eigenvalue weighted by Crippen LogP contribution is 1.98. The first-order valence-corrected chi connectivity index (χ1v) is 1.61. The molecule has 4 radical (unpaired) electrons. The van der Waals surface area contributed by atoms with Gasteiger partial charge in [-0.1, -0.05) is 10.1 Å². The van der Waals surface area contributed by atoms with Crippen molar-refractivity contribution in [1.29, 1.82) is 0 Å². The van der Waals surface area contributed by atoms with Crippen molar-refractivity contribution in [3.63, 3.8) is 0 Å². The molecule has 0 aromatic rings. The molecule has 0 atom stereocenters. The highest BCUT2D eigenvalue weighted by Gasteiger charge is 1.99. The van der Waals surface area contributed by atoms with Crippen LogP contribution in [0.3, 0.4) is 0 Å². The lowest BCUT2D eigenvalue weighted by Crippen LogP contribution is -2.03. The Labute approximate surface area is 66.8 Å². The van der Waals surface area contributed by atoms with E-state index in [0.29, 0.717) is 0 Å². The fraction of sp³-hybridized carbons (Fsp3) is 0. The number of hydrogen-bond donors (Lipinski definition) is 0. The Kier molecular flexibility index (Phi) is 7.03. The minimum atomic E-state index is 0. The van der Waals surface area contributed by atoms with Crippen molar-refractivity contribution in [2.75, 3.05) is 0 Å². The van der Waals surface area contributed by atoms with E-state index in [1.807, 2.05) is 0 Å². The largest absolute Gasteiger partial charge is 0.286 e. The van der Waals surface area contributed by atoms with Gasteiger partial charge in [-0.2, -0.15) is 19.6 Å². The van der Waals surface area contributed by atoms with E-state index in [1.165, 1.54) is 0 Å². The normalized spacial score (nSPS) is 21.3. The molecule has 0 aliphatic carbocycles. The molecule has 7 heteroatoms. The molecule has 2 aliphatic heterocycles. The molecule has 0 bridgehead atoms. The van der Waals surface area contributed by atoms with Crippen molar-refractivity contribution in [3.8, 4) is 0 Å². The molecule has 48 valence electrons. The maximum Gasteiger partial charge on any atom is 0.286 e. The second kappa shape index (κ2) is 6.64. The van der Waals surface area contributed by atoms with Crippen molar-refractivity contribution >= 4 is 23.1 Å². The second-order valence-corrected chi connectivity index (χ2v) is 0.713. The summed E-state index contributed by atoms with van der Waals surface area (Å²) in [6, 6.07) is 0. The van der Waals surface area contributed by atoms with Gasteiger partial charge in [0, 0.05) is 23.1 Å². The van der Waals surface area contributed by atoms with Crippen LogP contribution < -0.4 is 0 Å². The Morgan fingerprint density at radius 1 is 0.667 bits per heavy atom. The summed E-state index contributed by atoms with van der Waals surface area (Å²) < 4.78 is 0. The minimum absolute atomic E-state index is 0. The molecule has 0 aromatic heterocycles. The van der Waals surface area contributed by atoms with Crippen molar-refractivity contribution in [2.24, 2.45) is 0 Å². The van der Waals surface area contributed by atoms with Gasteiger partial charge in [0.1, 0.15) is 0 Å². The third-order valence-electron chi connectivity index (χ3n) is 0.314. The number of rotatable bonds is 0. The fourth-order valence-electron chi connectivity index (χ4n) is 0.0786. The van der Waals surface area contributed by atoms with Crippen LogP contribution in [0.1, 0.15) is 0 Å². The summed E-state index contributed by atoms with van der Waals surface area (Å²) in [5.41, 5.74) is 0. The molecule has 2 fully saturated rings. The predicted octanol–water partition coefficient (Wildman–Crippen LogP) is -0.383. The fourth-order valence-corrected chi connectivity index (χ4v) is 0.0786. The molecular formula is C2H2MgO6. The van der Waals surface area contributed by atoms with Crippen molar-refractivity contribution in [2.45, 2.75) is 0 Å². The monoisotopic (exact) mass is 146 g/mol. The molecule has 2 rings (SSSR count). The summed E-state index contributed by atoms with van der Waals surface area (Å²) in [7, 11) is 0. The SMILES string of the molecule is [CH]1OOO1.[CH]1OOO1.[Mg]. The van der Waals surface area contributed by atoms with Gasteiger partial charge in [0.05, 0.1) is 0 Å². The van der Waals surface area contributed by atoms with Gasteiger partial charge in [-0.05, 0) is 0 Å². The molecule has 0 aromatic carbocycles. The lowest BCUT2D eigenvalue weighted by molar-refractivity contribution is -0.611. The van der Waals surface area contributed by atoms with Crippen LogP contribution in [0.2, 0.25) is 0 Å². The first-order valence-electron chi connectivity index (χ1n) is 1.61. The molecule has 9 heavy (non-hydrogen) atoms. The maximum absolute atomic E-state index is 3.88. The molecule has 2 heterocycles. The van der Waals surface area contributed by atoms with E-state index in [-0.39, 0.29) is 23.1 Å². The average Bonchev–Trinajstić information content (AvgIpc) is 1.12. The molecular weight excluding hydrogens is 144 g/mol. The van der Waals surface area contributed by atoms with Crippen LogP contribution in [0.25, 0.3) is 0 Å². The zero-order chi connectivity index (χ0) is 5.66. The summed E-state index contributed by atoms with van der Waals surface area (Å²) in [6.07, 6.45) is 0. The Morgan fingerprint density at radius 3 is 0.778 bits per heavy atom. The van der Waals surface area contributed by atoms with Crippen LogP contribution in [-0.4, -0.2) is 23.1 Å². The standard InChI is InChI=1S/2CHO3.Mg/c2*1-2-4-3-1;/h2*1H;. The van der Waals surface area contributed by atoms with E-state index in [0.717, 1.165) is 13.6 Å². The molecule has 2 aliphatic rings. The quantitative estimate of drug-likeness (QED) is 0.343. The molecule has 0 spiro atoms. The van der Waals surface area contributed by atoms with Crippen LogP contribution >= 0.6 is 0 Å². The Morgan fingerprint density at radius 2 is 0.778 bits per heavy atom. The third-order valence-corrected chi connectivity index (χ3v) is 0.314. The summed E-state index contributed by atoms with van der Waals surface area (Å²) in [5.74, 6) is 0. The van der Waals surface area contributed by atoms with E-state index >= 15 is 0 Å². The van der Waals surface area contributed by atoms with Crippen LogP contribution in [0.4, 0.5) is 0 Å². The van der Waals surface area contributed by atoms with E-state index in [1.54, 1.807) is 0 Å². The van der Waals surface area contributed by atoms with Gasteiger partial charge < -0.3 is 0 Å². The van der Waals surface area contributed by atoms with Crippen molar-refractivity contribution in [1.82, 2.24) is 0 Å². The summed E-state index contributed by atoms with van der Waals surface area (Å²) in [5, 5.41) is 7.33. The topological polar surface area (TPSA) is 55.4 Å². The van der Waals surface area contributed by atoms with Gasteiger partial charge in [0.15, 0.2) is 0 Å². The van der Waals surface area contributed by atoms with Gasteiger partial charge >= 0.3 is 0 Å².